The summed E-state index contributed by atoms with van der Waals surface area (Å²) < 4.78 is 56.9. The van der Waals surface area contributed by atoms with E-state index in [1.165, 1.54) is 18.3 Å². The number of piperazine rings is 1. The molecule has 0 aliphatic carbocycles. The zero-order valence-electron chi connectivity index (χ0n) is 21.1. The van der Waals surface area contributed by atoms with Crippen molar-refractivity contribution in [3.8, 4) is 5.75 Å². The largest absolute Gasteiger partial charge is 0.482 e. The monoisotopic (exact) mass is 576 g/mol. The van der Waals surface area contributed by atoms with Crippen LogP contribution in [-0.4, -0.2) is 87.2 Å². The normalized spacial score (nSPS) is 14.1. The number of aliphatic carboxylic acids is 2. The van der Waals surface area contributed by atoms with Gasteiger partial charge >= 0.3 is 23.8 Å². The van der Waals surface area contributed by atoms with Crippen LogP contribution in [0, 0.1) is 5.82 Å². The van der Waals surface area contributed by atoms with Crippen LogP contribution in [0.5, 0.6) is 5.75 Å². The van der Waals surface area contributed by atoms with E-state index in [1.807, 2.05) is 4.90 Å². The number of anilines is 1. The summed E-state index contributed by atoms with van der Waals surface area (Å²) in [6, 6.07) is 3.53. The Hall–Kier alpha value is -4.18. The molecule has 2 aromatic rings. The van der Waals surface area contributed by atoms with Gasteiger partial charge in [0.15, 0.2) is 6.61 Å². The highest BCUT2D eigenvalue weighted by atomic mass is 19.4. The number of aliphatic hydroxyl groups excluding tert-OH is 1. The molecule has 3 rings (SSSR count). The van der Waals surface area contributed by atoms with Crippen molar-refractivity contribution in [1.29, 1.82) is 0 Å². The lowest BCUT2D eigenvalue weighted by molar-refractivity contribution is -0.153. The fraction of sp³-hybridized carbons (Fsp3) is 0.417. The van der Waals surface area contributed by atoms with Gasteiger partial charge in [0.2, 0.25) is 0 Å². The van der Waals surface area contributed by atoms with Crippen LogP contribution in [0.25, 0.3) is 0 Å². The molecule has 0 unspecified atom stereocenters. The van der Waals surface area contributed by atoms with Crippen molar-refractivity contribution in [2.45, 2.75) is 25.7 Å². The molecule has 1 aliphatic heterocycles. The van der Waals surface area contributed by atoms with Crippen LogP contribution in [-0.2, 0) is 22.7 Å². The summed E-state index contributed by atoms with van der Waals surface area (Å²) in [5, 5.41) is 24.8. The minimum Gasteiger partial charge on any atom is -0.482 e. The van der Waals surface area contributed by atoms with Crippen molar-refractivity contribution in [2.75, 3.05) is 44.2 Å². The number of carbonyl (C=O) groups is 2. The Morgan fingerprint density at radius 2 is 1.65 bits per heavy atom. The van der Waals surface area contributed by atoms with Crippen LogP contribution < -0.4 is 20.9 Å². The number of hydrogen-bond acceptors (Lipinski definition) is 8. The Kier molecular flexibility index (Phi) is 11.9. The number of carboxylic acids is 2. The molecule has 1 fully saturated rings. The molecular weight excluding hydrogens is 548 g/mol. The lowest BCUT2D eigenvalue weighted by Crippen LogP contribution is -2.47. The molecule has 0 radical (unpaired) electrons. The number of hydrogen-bond donors (Lipinski definition) is 4. The van der Waals surface area contributed by atoms with Gasteiger partial charge in [0.25, 0.3) is 5.56 Å². The van der Waals surface area contributed by atoms with E-state index in [4.69, 9.17) is 20.1 Å². The lowest BCUT2D eigenvalue weighted by atomic mass is 10.2. The third kappa shape index (κ3) is 10.5. The first-order valence-corrected chi connectivity index (χ1v) is 11.8. The first kappa shape index (κ1) is 32.0. The second kappa shape index (κ2) is 14.8. The van der Waals surface area contributed by atoms with Crippen LogP contribution in [0.1, 0.15) is 12.0 Å². The van der Waals surface area contributed by atoms with Gasteiger partial charge in [0.1, 0.15) is 11.6 Å². The third-order valence-electron chi connectivity index (χ3n) is 5.56. The maximum Gasteiger partial charge on any atom is 0.422 e. The number of carboxylic acid groups (broad SMARTS) is 2. The Morgan fingerprint density at radius 1 is 1.02 bits per heavy atom. The number of rotatable bonds is 10. The second-order valence-corrected chi connectivity index (χ2v) is 8.44. The van der Waals surface area contributed by atoms with Gasteiger partial charge in [-0.15, -0.1) is 0 Å². The summed E-state index contributed by atoms with van der Waals surface area (Å²) in [5.74, 6) is -3.35. The van der Waals surface area contributed by atoms with Gasteiger partial charge in [-0.05, 0) is 25.1 Å². The van der Waals surface area contributed by atoms with Crippen molar-refractivity contribution in [2.24, 2.45) is 0 Å². The van der Waals surface area contributed by atoms with E-state index in [9.17, 15) is 36.7 Å². The molecule has 1 saturated heterocycles. The summed E-state index contributed by atoms with van der Waals surface area (Å²) in [4.78, 5) is 49.4. The van der Waals surface area contributed by atoms with Crippen molar-refractivity contribution >= 4 is 17.6 Å². The Balaban J connectivity index is 0.000000611. The van der Waals surface area contributed by atoms with Crippen LogP contribution in [0.4, 0.5) is 23.2 Å². The average Bonchev–Trinajstić information content (AvgIpc) is 2.89. The number of aliphatic hydroxyl groups is 1. The smallest absolute Gasteiger partial charge is 0.422 e. The van der Waals surface area contributed by atoms with E-state index in [0.29, 0.717) is 57.0 Å². The topological polar surface area (TPSA) is 165 Å². The third-order valence-corrected chi connectivity index (χ3v) is 5.56. The fourth-order valence-corrected chi connectivity index (χ4v) is 3.70. The molecule has 0 amide bonds. The van der Waals surface area contributed by atoms with Gasteiger partial charge in [-0.3, -0.25) is 14.3 Å². The molecule has 16 heteroatoms. The second-order valence-electron chi connectivity index (χ2n) is 8.44. The lowest BCUT2D eigenvalue weighted by Gasteiger charge is -2.36. The molecule has 0 saturated carbocycles. The molecule has 1 aliphatic rings. The molecule has 12 nitrogen and oxygen atoms in total. The highest BCUT2D eigenvalue weighted by Crippen LogP contribution is 2.31. The van der Waals surface area contributed by atoms with Crippen molar-refractivity contribution in [1.82, 2.24) is 14.5 Å². The molecule has 4 N–H and O–H groups in total. The van der Waals surface area contributed by atoms with Crippen molar-refractivity contribution < 1.29 is 47.2 Å². The quantitative estimate of drug-likeness (QED) is 0.237. The van der Waals surface area contributed by atoms with E-state index < -0.39 is 48.4 Å². The average molecular weight is 577 g/mol. The first-order valence-electron chi connectivity index (χ1n) is 11.8. The minimum atomic E-state index is -4.53. The van der Waals surface area contributed by atoms with Crippen LogP contribution in [0.2, 0.25) is 0 Å². The number of aromatic nitrogens is 2. The van der Waals surface area contributed by atoms with E-state index in [1.54, 1.807) is 0 Å². The predicted molar refractivity (Wildman–Crippen MR) is 133 cm³/mol. The summed E-state index contributed by atoms with van der Waals surface area (Å²) in [6.45, 7) is 1.01. The highest BCUT2D eigenvalue weighted by Gasteiger charge is 2.29. The number of ether oxygens (including phenoxy) is 1. The molecule has 0 spiro atoms. The number of benzene rings is 1. The number of H-pyrrole nitrogens is 1. The molecule has 40 heavy (non-hydrogen) atoms. The van der Waals surface area contributed by atoms with Crippen LogP contribution in [0.15, 0.2) is 46.1 Å². The van der Waals surface area contributed by atoms with Crippen LogP contribution in [0.3, 0.4) is 0 Å². The zero-order valence-corrected chi connectivity index (χ0v) is 21.1. The van der Waals surface area contributed by atoms with Crippen LogP contribution >= 0.6 is 0 Å². The summed E-state index contributed by atoms with van der Waals surface area (Å²) in [7, 11) is 0. The number of aromatic amines is 1. The Bertz CT molecular complexity index is 1290. The number of halogens is 4. The van der Waals surface area contributed by atoms with Gasteiger partial charge in [0.05, 0.1) is 17.9 Å². The molecule has 1 aromatic heterocycles. The van der Waals surface area contributed by atoms with Gasteiger partial charge in [-0.1, -0.05) is 0 Å². The van der Waals surface area contributed by atoms with Gasteiger partial charge < -0.3 is 29.9 Å². The van der Waals surface area contributed by atoms with Gasteiger partial charge in [-0.25, -0.2) is 18.8 Å². The highest BCUT2D eigenvalue weighted by molar-refractivity contribution is 5.89. The molecular formula is C24H28F4N4O8. The standard InChI is InChI=1S/C20H24F4N4O4.C4H4O4/c21-15-2-3-16(17(10-15)32-13-20(22,23)24)27-8-6-26(7-9-27)4-1-5-28-18(30)14(12-29)11-25-19(28)31;5-3(6)1-2-4(7)8/h2-3,10-11,29H,1,4-9,12-13H2,(H,25,31);1-2H,(H,5,6)(H,7,8)/b;2-1+. The first-order chi connectivity index (χ1) is 18.8. The zero-order chi connectivity index (χ0) is 29.9. The molecule has 1 aromatic carbocycles. The maximum atomic E-state index is 13.5. The Morgan fingerprint density at radius 3 is 2.20 bits per heavy atom. The van der Waals surface area contributed by atoms with E-state index in [-0.39, 0.29) is 17.9 Å². The minimum absolute atomic E-state index is 0.112. The summed E-state index contributed by atoms with van der Waals surface area (Å²) >= 11 is 0. The van der Waals surface area contributed by atoms with Gasteiger partial charge in [0, 0.05) is 57.1 Å². The maximum absolute atomic E-state index is 13.5. The summed E-state index contributed by atoms with van der Waals surface area (Å²) in [5.41, 5.74) is -0.557. The molecule has 220 valence electrons. The number of alkyl halides is 3. The van der Waals surface area contributed by atoms with Crippen molar-refractivity contribution in [3.05, 3.63) is 68.8 Å². The molecule has 0 atom stereocenters. The summed E-state index contributed by atoms with van der Waals surface area (Å²) in [6.07, 6.45) is -1.69. The number of nitrogens with zero attached hydrogens (tertiary/aromatic N) is 3. The number of nitrogens with one attached hydrogen (secondary N) is 1. The van der Waals surface area contributed by atoms with Gasteiger partial charge in [-0.2, -0.15) is 13.2 Å². The predicted octanol–water partition coefficient (Wildman–Crippen LogP) is 1.03. The molecule has 0 bridgehead atoms. The van der Waals surface area contributed by atoms with E-state index >= 15 is 0 Å². The van der Waals surface area contributed by atoms with E-state index in [2.05, 4.69) is 9.88 Å². The van der Waals surface area contributed by atoms with E-state index in [0.717, 1.165) is 10.6 Å². The Labute approximate surface area is 224 Å². The van der Waals surface area contributed by atoms with Crippen molar-refractivity contribution in [3.63, 3.8) is 0 Å². The fourth-order valence-electron chi connectivity index (χ4n) is 3.70. The SMILES string of the molecule is O=C(O)/C=C/C(=O)O.O=c1[nH]cc(CO)c(=O)n1CCCN1CCN(c2ccc(F)cc2OCC(F)(F)F)CC1. The molecule has 2 heterocycles.